The minimum Gasteiger partial charge on any atom is -0.497 e. The van der Waals surface area contributed by atoms with E-state index in [4.69, 9.17) is 21.1 Å². The molecule has 0 radical (unpaired) electrons. The molecular formula is C18H20ClNO3S. The van der Waals surface area contributed by atoms with Gasteiger partial charge in [-0.05, 0) is 49.4 Å². The van der Waals surface area contributed by atoms with Crippen molar-refractivity contribution in [2.75, 3.05) is 24.8 Å². The van der Waals surface area contributed by atoms with Crippen molar-refractivity contribution < 1.29 is 14.3 Å². The van der Waals surface area contributed by atoms with E-state index in [2.05, 4.69) is 5.32 Å². The molecule has 128 valence electrons. The number of carbonyl (C=O) groups is 1. The highest BCUT2D eigenvalue weighted by atomic mass is 35.5. The number of rotatable bonds is 8. The fourth-order valence-corrected chi connectivity index (χ4v) is 2.86. The molecule has 6 heteroatoms. The first-order valence-electron chi connectivity index (χ1n) is 7.53. The molecule has 1 amide bonds. The van der Waals surface area contributed by atoms with Crippen molar-refractivity contribution in [2.45, 2.75) is 12.2 Å². The molecule has 4 nitrogen and oxygen atoms in total. The van der Waals surface area contributed by atoms with Crippen LogP contribution >= 0.6 is 23.4 Å². The Hall–Kier alpha value is -1.85. The lowest BCUT2D eigenvalue weighted by Gasteiger charge is -2.13. The van der Waals surface area contributed by atoms with E-state index in [1.165, 1.54) is 0 Å². The zero-order chi connectivity index (χ0) is 17.4. The summed E-state index contributed by atoms with van der Waals surface area (Å²) in [6.07, 6.45) is 0. The fourth-order valence-electron chi connectivity index (χ4n) is 1.94. The molecule has 1 unspecified atom stereocenters. The zero-order valence-electron chi connectivity index (χ0n) is 13.6. The average Bonchev–Trinajstić information content (AvgIpc) is 2.59. The molecule has 0 bridgehead atoms. The summed E-state index contributed by atoms with van der Waals surface area (Å²) in [6.45, 7) is 2.40. The van der Waals surface area contributed by atoms with Gasteiger partial charge in [0.1, 0.15) is 11.5 Å². The molecule has 1 atom stereocenters. The molecule has 0 spiro atoms. The van der Waals surface area contributed by atoms with E-state index in [1.807, 2.05) is 43.3 Å². The summed E-state index contributed by atoms with van der Waals surface area (Å²) in [6, 6.07) is 14.5. The quantitative estimate of drug-likeness (QED) is 0.700. The van der Waals surface area contributed by atoms with Gasteiger partial charge in [0, 0.05) is 16.5 Å². The first-order chi connectivity index (χ1) is 11.6. The van der Waals surface area contributed by atoms with Gasteiger partial charge in [0.15, 0.2) is 0 Å². The van der Waals surface area contributed by atoms with Crippen LogP contribution in [0.3, 0.4) is 0 Å². The van der Waals surface area contributed by atoms with E-state index in [0.717, 1.165) is 17.2 Å². The Bertz CT molecular complexity index is 664. The monoisotopic (exact) mass is 365 g/mol. The molecule has 1 N–H and O–H groups in total. The van der Waals surface area contributed by atoms with Crippen LogP contribution < -0.4 is 14.8 Å². The van der Waals surface area contributed by atoms with Gasteiger partial charge in [-0.1, -0.05) is 17.7 Å². The third-order valence-corrected chi connectivity index (χ3v) is 4.59. The average molecular weight is 366 g/mol. The maximum absolute atomic E-state index is 12.2. The van der Waals surface area contributed by atoms with Gasteiger partial charge in [-0.25, -0.2) is 0 Å². The number of nitrogens with one attached hydrogen (secondary N) is 1. The molecule has 2 aromatic rings. The van der Waals surface area contributed by atoms with Gasteiger partial charge in [0.2, 0.25) is 5.91 Å². The summed E-state index contributed by atoms with van der Waals surface area (Å²) in [5, 5.41) is 3.36. The van der Waals surface area contributed by atoms with Crippen LogP contribution in [0.2, 0.25) is 5.02 Å². The molecule has 2 rings (SSSR count). The number of amides is 1. The number of hydrogen-bond donors (Lipinski definition) is 1. The van der Waals surface area contributed by atoms with Gasteiger partial charge in [0.05, 0.1) is 19.0 Å². The maximum atomic E-state index is 12.2. The Balaban J connectivity index is 1.71. The first kappa shape index (κ1) is 18.5. The Kier molecular flexibility index (Phi) is 7.28. The largest absolute Gasteiger partial charge is 0.497 e. The lowest BCUT2D eigenvalue weighted by Crippen LogP contribution is -2.23. The van der Waals surface area contributed by atoms with Crippen molar-refractivity contribution in [3.8, 4) is 11.5 Å². The molecular weight excluding hydrogens is 346 g/mol. The predicted octanol–water partition coefficient (Wildman–Crippen LogP) is 4.49. The van der Waals surface area contributed by atoms with Gasteiger partial charge in [-0.2, -0.15) is 0 Å². The van der Waals surface area contributed by atoms with Crippen molar-refractivity contribution in [2.24, 2.45) is 0 Å². The first-order valence-corrected chi connectivity index (χ1v) is 8.96. The van der Waals surface area contributed by atoms with E-state index in [0.29, 0.717) is 17.4 Å². The van der Waals surface area contributed by atoms with Crippen LogP contribution in [0.5, 0.6) is 11.5 Å². The third-order valence-electron chi connectivity index (χ3n) is 3.24. The Morgan fingerprint density at radius 3 is 2.62 bits per heavy atom. The molecule has 0 aliphatic heterocycles. The molecule has 0 fully saturated rings. The lowest BCUT2D eigenvalue weighted by molar-refractivity contribution is -0.115. The number of benzene rings is 2. The highest BCUT2D eigenvalue weighted by molar-refractivity contribution is 8.00. The van der Waals surface area contributed by atoms with E-state index in [9.17, 15) is 4.79 Å². The van der Waals surface area contributed by atoms with Crippen LogP contribution in [0, 0.1) is 0 Å². The predicted molar refractivity (Wildman–Crippen MR) is 100 cm³/mol. The van der Waals surface area contributed by atoms with Gasteiger partial charge in [-0.3, -0.25) is 4.79 Å². The van der Waals surface area contributed by atoms with Crippen LogP contribution in [-0.2, 0) is 4.79 Å². The lowest BCUT2D eigenvalue weighted by atomic mass is 10.3. The van der Waals surface area contributed by atoms with Crippen molar-refractivity contribution in [1.29, 1.82) is 0 Å². The molecule has 0 aliphatic rings. The number of methoxy groups -OCH3 is 1. The van der Waals surface area contributed by atoms with E-state index < -0.39 is 0 Å². The Morgan fingerprint density at radius 2 is 1.96 bits per heavy atom. The Morgan fingerprint density at radius 1 is 1.21 bits per heavy atom. The summed E-state index contributed by atoms with van der Waals surface area (Å²) < 4.78 is 10.7. The zero-order valence-corrected chi connectivity index (χ0v) is 15.2. The highest BCUT2D eigenvalue weighted by Crippen LogP contribution is 2.19. The number of carbonyl (C=O) groups excluding carboxylic acids is 1. The second-order valence-electron chi connectivity index (χ2n) is 5.04. The van der Waals surface area contributed by atoms with Gasteiger partial charge in [-0.15, -0.1) is 11.8 Å². The number of thioether (sulfide) groups is 1. The van der Waals surface area contributed by atoms with Crippen molar-refractivity contribution >= 4 is 35.0 Å². The summed E-state index contributed by atoms with van der Waals surface area (Å²) in [4.78, 5) is 12.2. The minimum absolute atomic E-state index is 0.0343. The summed E-state index contributed by atoms with van der Waals surface area (Å²) in [7, 11) is 1.61. The Labute approximate surface area is 151 Å². The number of hydrogen-bond acceptors (Lipinski definition) is 4. The van der Waals surface area contributed by atoms with Crippen LogP contribution in [0.4, 0.5) is 5.69 Å². The molecule has 0 aromatic heterocycles. The second kappa shape index (κ2) is 9.45. The van der Waals surface area contributed by atoms with Crippen LogP contribution in [0.15, 0.2) is 48.5 Å². The normalized spacial score (nSPS) is 11.6. The van der Waals surface area contributed by atoms with Gasteiger partial charge in [0.25, 0.3) is 0 Å². The topological polar surface area (TPSA) is 47.6 Å². The number of ether oxygens (including phenoxy) is 2. The molecule has 24 heavy (non-hydrogen) atoms. The second-order valence-corrected chi connectivity index (χ2v) is 6.92. The number of anilines is 1. The van der Waals surface area contributed by atoms with Crippen molar-refractivity contribution in [3.63, 3.8) is 0 Å². The van der Waals surface area contributed by atoms with Crippen molar-refractivity contribution in [3.05, 3.63) is 53.6 Å². The summed E-state index contributed by atoms with van der Waals surface area (Å²) >= 11 is 7.44. The van der Waals surface area contributed by atoms with Crippen LogP contribution in [0.25, 0.3) is 0 Å². The van der Waals surface area contributed by atoms with Crippen molar-refractivity contribution in [1.82, 2.24) is 0 Å². The molecule has 0 saturated heterocycles. The van der Waals surface area contributed by atoms with Gasteiger partial charge >= 0.3 is 0 Å². The van der Waals surface area contributed by atoms with E-state index >= 15 is 0 Å². The third kappa shape index (κ3) is 5.98. The molecule has 2 aromatic carbocycles. The fraction of sp³-hybridized carbons (Fsp3) is 0.278. The maximum Gasteiger partial charge on any atom is 0.237 e. The smallest absolute Gasteiger partial charge is 0.237 e. The SMILES string of the molecule is COc1ccc(NC(=O)C(C)SCCOc2cccc(Cl)c2)cc1. The van der Waals surface area contributed by atoms with E-state index in [1.54, 1.807) is 31.0 Å². The molecule has 0 aliphatic carbocycles. The minimum atomic E-state index is -0.171. The van der Waals surface area contributed by atoms with Crippen LogP contribution in [0.1, 0.15) is 6.92 Å². The van der Waals surface area contributed by atoms with E-state index in [-0.39, 0.29) is 11.2 Å². The summed E-state index contributed by atoms with van der Waals surface area (Å²) in [5.41, 5.74) is 0.753. The van der Waals surface area contributed by atoms with Crippen LogP contribution in [-0.4, -0.2) is 30.6 Å². The summed E-state index contributed by atoms with van der Waals surface area (Å²) in [5.74, 6) is 2.17. The highest BCUT2D eigenvalue weighted by Gasteiger charge is 2.13. The molecule has 0 saturated carbocycles. The number of halogens is 1. The van der Waals surface area contributed by atoms with Gasteiger partial charge < -0.3 is 14.8 Å². The molecule has 0 heterocycles. The standard InChI is InChI=1S/C18H20ClNO3S/c1-13(18(21)20-15-6-8-16(22-2)9-7-15)24-11-10-23-17-5-3-4-14(19)12-17/h3-9,12-13H,10-11H2,1-2H3,(H,20,21).